The molecule has 0 aliphatic carbocycles. The average Bonchev–Trinajstić information content (AvgIpc) is 2.30. The molecular weight excluding hydrogens is 240 g/mol. The van der Waals surface area contributed by atoms with Gasteiger partial charge in [-0.15, -0.1) is 11.8 Å². The van der Waals surface area contributed by atoms with Crippen molar-refractivity contribution in [2.45, 2.75) is 12.7 Å². The number of carbonyl (C=O) groups is 1. The van der Waals surface area contributed by atoms with Crippen LogP contribution < -0.4 is 5.32 Å². The molecule has 1 aromatic carbocycles. The number of hydrogen-bond acceptors (Lipinski definition) is 4. The van der Waals surface area contributed by atoms with Gasteiger partial charge in [-0.05, 0) is 12.5 Å². The van der Waals surface area contributed by atoms with Gasteiger partial charge in [0.05, 0.1) is 10.7 Å². The highest BCUT2D eigenvalue weighted by atomic mass is 32.2. The van der Waals surface area contributed by atoms with Crippen molar-refractivity contribution in [2.24, 2.45) is 0 Å². The largest absolute Gasteiger partial charge is 0.356 e. The molecule has 0 heterocycles. The average molecular weight is 254 g/mol. The third kappa shape index (κ3) is 4.86. The molecule has 0 atom stereocenters. The molecule has 0 fully saturated rings. The Balaban J connectivity index is 2.44. The van der Waals surface area contributed by atoms with E-state index in [4.69, 9.17) is 0 Å². The van der Waals surface area contributed by atoms with E-state index in [-0.39, 0.29) is 11.6 Å². The van der Waals surface area contributed by atoms with Crippen LogP contribution in [0.3, 0.4) is 0 Å². The Labute approximate surface area is 104 Å². The monoisotopic (exact) mass is 254 g/mol. The molecule has 5 nitrogen and oxygen atoms in total. The van der Waals surface area contributed by atoms with Gasteiger partial charge in [-0.1, -0.05) is 12.1 Å². The number of nitrogens with zero attached hydrogens (tertiary/aromatic N) is 1. The molecule has 0 aromatic heterocycles. The van der Waals surface area contributed by atoms with Gasteiger partial charge >= 0.3 is 0 Å². The van der Waals surface area contributed by atoms with Gasteiger partial charge in [-0.25, -0.2) is 0 Å². The molecule has 92 valence electrons. The molecule has 0 bridgehead atoms. The summed E-state index contributed by atoms with van der Waals surface area (Å²) in [5.74, 6) is 0.956. The molecule has 0 saturated heterocycles. The number of nitro groups is 1. The number of nitro benzene ring substituents is 1. The fourth-order valence-corrected chi connectivity index (χ4v) is 2.07. The fraction of sp³-hybridized carbons (Fsp3) is 0.364. The van der Waals surface area contributed by atoms with Gasteiger partial charge in [-0.3, -0.25) is 14.9 Å². The summed E-state index contributed by atoms with van der Waals surface area (Å²) in [5, 5.41) is 13.2. The lowest BCUT2D eigenvalue weighted by molar-refractivity contribution is -0.384. The molecule has 0 aliphatic heterocycles. The van der Waals surface area contributed by atoms with Crippen LogP contribution in [0.2, 0.25) is 0 Å². The number of non-ortho nitro benzene ring substituents is 1. The summed E-state index contributed by atoms with van der Waals surface area (Å²) in [6, 6.07) is 6.46. The van der Waals surface area contributed by atoms with Crippen LogP contribution in [0.15, 0.2) is 24.3 Å². The van der Waals surface area contributed by atoms with E-state index in [1.54, 1.807) is 6.07 Å². The van der Waals surface area contributed by atoms with Crippen molar-refractivity contribution in [3.8, 4) is 0 Å². The van der Waals surface area contributed by atoms with Crippen molar-refractivity contribution in [3.05, 3.63) is 39.9 Å². The summed E-state index contributed by atoms with van der Waals surface area (Å²) in [6.07, 6.45) is 0. The Bertz CT molecular complexity index is 409. The summed E-state index contributed by atoms with van der Waals surface area (Å²) in [7, 11) is 0. The number of amides is 1. The highest BCUT2D eigenvalue weighted by molar-refractivity contribution is 7.99. The smallest absolute Gasteiger partial charge is 0.269 e. The SMILES string of the molecule is CCNC(=O)CSCc1cccc([N+](=O)[O-])c1. The van der Waals surface area contributed by atoms with Crippen LogP contribution in [-0.2, 0) is 10.5 Å². The minimum Gasteiger partial charge on any atom is -0.356 e. The summed E-state index contributed by atoms with van der Waals surface area (Å²) < 4.78 is 0. The summed E-state index contributed by atoms with van der Waals surface area (Å²) in [6.45, 7) is 2.49. The van der Waals surface area contributed by atoms with Crippen LogP contribution in [0.1, 0.15) is 12.5 Å². The molecule has 6 heteroatoms. The minimum atomic E-state index is -0.419. The second-order valence-corrected chi connectivity index (χ2v) is 4.36. The van der Waals surface area contributed by atoms with Gasteiger partial charge in [0.1, 0.15) is 0 Å². The molecule has 1 N–H and O–H groups in total. The zero-order valence-corrected chi connectivity index (χ0v) is 10.3. The normalized spacial score (nSPS) is 9.94. The molecule has 1 aromatic rings. The van der Waals surface area contributed by atoms with Crippen LogP contribution in [0, 0.1) is 10.1 Å². The zero-order valence-electron chi connectivity index (χ0n) is 9.51. The van der Waals surface area contributed by atoms with Gasteiger partial charge in [0, 0.05) is 24.4 Å². The first kappa shape index (κ1) is 13.5. The highest BCUT2D eigenvalue weighted by Crippen LogP contribution is 2.17. The van der Waals surface area contributed by atoms with E-state index in [1.165, 1.54) is 23.9 Å². The van der Waals surface area contributed by atoms with Crippen LogP contribution in [0.25, 0.3) is 0 Å². The predicted molar refractivity (Wildman–Crippen MR) is 67.9 cm³/mol. The van der Waals surface area contributed by atoms with E-state index < -0.39 is 4.92 Å². The number of carbonyl (C=O) groups excluding carboxylic acids is 1. The lowest BCUT2D eigenvalue weighted by Crippen LogP contribution is -2.24. The summed E-state index contributed by atoms with van der Waals surface area (Å²) in [5.41, 5.74) is 0.939. The maximum atomic E-state index is 11.2. The van der Waals surface area contributed by atoms with Crippen molar-refractivity contribution in [3.63, 3.8) is 0 Å². The zero-order chi connectivity index (χ0) is 12.7. The topological polar surface area (TPSA) is 72.2 Å². The van der Waals surface area contributed by atoms with Gasteiger partial charge < -0.3 is 5.32 Å². The number of hydrogen-bond donors (Lipinski definition) is 1. The highest BCUT2D eigenvalue weighted by Gasteiger charge is 2.06. The summed E-state index contributed by atoms with van der Waals surface area (Å²) >= 11 is 1.44. The maximum Gasteiger partial charge on any atom is 0.269 e. The molecule has 1 rings (SSSR count). The number of thioether (sulfide) groups is 1. The first-order chi connectivity index (χ1) is 8.13. The van der Waals surface area contributed by atoms with Crippen molar-refractivity contribution >= 4 is 23.4 Å². The first-order valence-corrected chi connectivity index (χ1v) is 6.36. The van der Waals surface area contributed by atoms with Gasteiger partial charge in [0.15, 0.2) is 0 Å². The van der Waals surface area contributed by atoms with E-state index in [2.05, 4.69) is 5.32 Å². The Morgan fingerprint density at radius 2 is 2.29 bits per heavy atom. The van der Waals surface area contributed by atoms with Crippen molar-refractivity contribution < 1.29 is 9.72 Å². The van der Waals surface area contributed by atoms with Crippen LogP contribution in [0.5, 0.6) is 0 Å². The second kappa shape index (κ2) is 6.90. The molecule has 0 unspecified atom stereocenters. The Hall–Kier alpha value is -1.56. The minimum absolute atomic E-state index is 0.0112. The molecule has 0 saturated carbocycles. The first-order valence-electron chi connectivity index (χ1n) is 5.21. The van der Waals surface area contributed by atoms with E-state index in [9.17, 15) is 14.9 Å². The fourth-order valence-electron chi connectivity index (χ4n) is 1.27. The summed E-state index contributed by atoms with van der Waals surface area (Å²) in [4.78, 5) is 21.3. The van der Waals surface area contributed by atoms with Gasteiger partial charge in [0.25, 0.3) is 5.69 Å². The maximum absolute atomic E-state index is 11.2. The van der Waals surface area contributed by atoms with Crippen LogP contribution in [-0.4, -0.2) is 23.1 Å². The third-order valence-corrected chi connectivity index (χ3v) is 3.00. The quantitative estimate of drug-likeness (QED) is 0.622. The molecule has 0 aliphatic rings. The van der Waals surface area contributed by atoms with E-state index in [0.717, 1.165) is 5.56 Å². The van der Waals surface area contributed by atoms with E-state index in [1.807, 2.05) is 13.0 Å². The van der Waals surface area contributed by atoms with Crippen LogP contribution in [0.4, 0.5) is 5.69 Å². The van der Waals surface area contributed by atoms with Gasteiger partial charge in [0.2, 0.25) is 5.91 Å². The molecule has 17 heavy (non-hydrogen) atoms. The predicted octanol–water partition coefficient (Wildman–Crippen LogP) is 1.96. The number of nitrogens with one attached hydrogen (secondary N) is 1. The Morgan fingerprint density at radius 3 is 2.94 bits per heavy atom. The molecule has 1 amide bonds. The lowest BCUT2D eigenvalue weighted by atomic mass is 10.2. The van der Waals surface area contributed by atoms with Crippen LogP contribution >= 0.6 is 11.8 Å². The molecule has 0 radical (unpaired) electrons. The third-order valence-electron chi connectivity index (χ3n) is 2.00. The second-order valence-electron chi connectivity index (χ2n) is 3.37. The van der Waals surface area contributed by atoms with Crippen molar-refractivity contribution in [1.82, 2.24) is 5.32 Å². The van der Waals surface area contributed by atoms with Gasteiger partial charge in [-0.2, -0.15) is 0 Å². The standard InChI is InChI=1S/C11H14N2O3S/c1-2-12-11(14)8-17-7-9-4-3-5-10(6-9)13(15)16/h3-6H,2,7-8H2,1H3,(H,12,14). The Morgan fingerprint density at radius 1 is 1.53 bits per heavy atom. The molecule has 0 spiro atoms. The van der Waals surface area contributed by atoms with E-state index >= 15 is 0 Å². The van der Waals surface area contributed by atoms with Crippen molar-refractivity contribution in [1.29, 1.82) is 0 Å². The lowest BCUT2D eigenvalue weighted by Gasteiger charge is -2.02. The number of rotatable bonds is 6. The van der Waals surface area contributed by atoms with Crippen molar-refractivity contribution in [2.75, 3.05) is 12.3 Å². The Kier molecular flexibility index (Phi) is 5.48. The molecular formula is C11H14N2O3S. The van der Waals surface area contributed by atoms with E-state index in [0.29, 0.717) is 18.1 Å². The number of benzene rings is 1.